The van der Waals surface area contributed by atoms with Crippen LogP contribution in [0.2, 0.25) is 0 Å². The van der Waals surface area contributed by atoms with Gasteiger partial charge < -0.3 is 9.73 Å². The monoisotopic (exact) mass is 293 g/mol. The zero-order chi connectivity index (χ0) is 15.5. The second-order valence-electron chi connectivity index (χ2n) is 4.96. The first-order chi connectivity index (χ1) is 10.6. The number of nitrogens with one attached hydrogen (secondary N) is 1. The molecule has 0 unspecified atom stereocenters. The van der Waals surface area contributed by atoms with Gasteiger partial charge in [0, 0.05) is 11.8 Å². The Labute approximate surface area is 128 Å². The van der Waals surface area contributed by atoms with Gasteiger partial charge in [0.05, 0.1) is 0 Å². The number of hydrogen-bond acceptors (Lipinski definition) is 4. The van der Waals surface area contributed by atoms with Crippen molar-refractivity contribution in [1.29, 1.82) is 0 Å². The predicted octanol–water partition coefficient (Wildman–Crippen LogP) is 3.61. The van der Waals surface area contributed by atoms with Crippen LogP contribution in [0.15, 0.2) is 53.1 Å². The van der Waals surface area contributed by atoms with E-state index >= 15 is 0 Å². The Hall–Kier alpha value is -2.95. The molecule has 0 aliphatic heterocycles. The summed E-state index contributed by atoms with van der Waals surface area (Å²) in [5.41, 5.74) is 2.12. The molecule has 1 N–H and O–H groups in total. The van der Waals surface area contributed by atoms with Crippen molar-refractivity contribution < 1.29 is 9.21 Å². The third-order valence-electron chi connectivity index (χ3n) is 3.19. The van der Waals surface area contributed by atoms with Crippen LogP contribution in [0.3, 0.4) is 0 Å². The van der Waals surface area contributed by atoms with Crippen LogP contribution in [0.4, 0.5) is 5.82 Å². The molecule has 0 saturated heterocycles. The minimum atomic E-state index is -0.332. The average Bonchev–Trinajstić information content (AvgIpc) is 2.90. The molecule has 5 heteroatoms. The minimum Gasteiger partial charge on any atom is -0.441 e. The van der Waals surface area contributed by atoms with Crippen LogP contribution >= 0.6 is 0 Å². The van der Waals surface area contributed by atoms with Gasteiger partial charge in [-0.15, -0.1) is 0 Å². The number of pyridine rings is 1. The first-order valence-corrected chi connectivity index (χ1v) is 6.90. The van der Waals surface area contributed by atoms with Gasteiger partial charge in [-0.25, -0.2) is 9.97 Å². The van der Waals surface area contributed by atoms with E-state index in [1.165, 1.54) is 0 Å². The molecule has 0 aliphatic rings. The maximum Gasteiger partial charge on any atom is 0.279 e. The number of benzene rings is 1. The molecule has 3 aromatic rings. The predicted molar refractivity (Wildman–Crippen MR) is 83.6 cm³/mol. The Kier molecular flexibility index (Phi) is 3.70. The number of rotatable bonds is 3. The summed E-state index contributed by atoms with van der Waals surface area (Å²) in [6.07, 6.45) is 1.65. The molecule has 22 heavy (non-hydrogen) atoms. The Morgan fingerprint density at radius 3 is 2.64 bits per heavy atom. The van der Waals surface area contributed by atoms with E-state index in [0.29, 0.717) is 17.5 Å². The van der Waals surface area contributed by atoms with Crippen molar-refractivity contribution >= 4 is 11.7 Å². The summed E-state index contributed by atoms with van der Waals surface area (Å²) in [5, 5.41) is 2.73. The van der Waals surface area contributed by atoms with Crippen molar-refractivity contribution in [1.82, 2.24) is 9.97 Å². The number of amides is 1. The maximum atomic E-state index is 12.3. The Morgan fingerprint density at radius 2 is 1.91 bits per heavy atom. The molecule has 0 radical (unpaired) electrons. The van der Waals surface area contributed by atoms with Crippen molar-refractivity contribution in [3.63, 3.8) is 0 Å². The van der Waals surface area contributed by atoms with Gasteiger partial charge in [-0.1, -0.05) is 18.2 Å². The standard InChI is InChI=1S/C17H15N3O2/c1-11-8-9-18-14(10-11)19-16(21)15-12(2)22-17(20-15)13-6-4-3-5-7-13/h3-10H,1-2H3,(H,18,19,21). The van der Waals surface area contributed by atoms with E-state index in [2.05, 4.69) is 15.3 Å². The van der Waals surface area contributed by atoms with Crippen LogP contribution in [0.1, 0.15) is 21.8 Å². The zero-order valence-corrected chi connectivity index (χ0v) is 12.3. The number of carbonyl (C=O) groups is 1. The third kappa shape index (κ3) is 2.88. The Morgan fingerprint density at radius 1 is 1.14 bits per heavy atom. The molecule has 1 aromatic carbocycles. The molecule has 2 heterocycles. The second-order valence-corrected chi connectivity index (χ2v) is 4.96. The van der Waals surface area contributed by atoms with Crippen molar-refractivity contribution in [3.8, 4) is 11.5 Å². The first-order valence-electron chi connectivity index (χ1n) is 6.90. The average molecular weight is 293 g/mol. The maximum absolute atomic E-state index is 12.3. The summed E-state index contributed by atoms with van der Waals surface area (Å²) >= 11 is 0. The SMILES string of the molecule is Cc1ccnc(NC(=O)c2nc(-c3ccccc3)oc2C)c1. The minimum absolute atomic E-state index is 0.266. The highest BCUT2D eigenvalue weighted by Gasteiger charge is 2.18. The van der Waals surface area contributed by atoms with E-state index in [4.69, 9.17) is 4.42 Å². The highest BCUT2D eigenvalue weighted by atomic mass is 16.4. The van der Waals surface area contributed by atoms with Crippen LogP contribution in [-0.4, -0.2) is 15.9 Å². The Bertz CT molecular complexity index is 810. The topological polar surface area (TPSA) is 68.0 Å². The molecular weight excluding hydrogens is 278 g/mol. The van der Waals surface area contributed by atoms with Crippen molar-refractivity contribution in [2.75, 3.05) is 5.32 Å². The summed E-state index contributed by atoms with van der Waals surface area (Å²) in [6.45, 7) is 3.66. The fraction of sp³-hybridized carbons (Fsp3) is 0.118. The van der Waals surface area contributed by atoms with Crippen molar-refractivity contribution in [3.05, 3.63) is 65.7 Å². The summed E-state index contributed by atoms with van der Waals surface area (Å²) in [5.74, 6) is 1.07. The molecule has 0 fully saturated rings. The van der Waals surface area contributed by atoms with E-state index in [1.807, 2.05) is 43.3 Å². The quantitative estimate of drug-likeness (QED) is 0.801. The summed E-state index contributed by atoms with van der Waals surface area (Å²) in [4.78, 5) is 20.7. The molecule has 0 saturated carbocycles. The van der Waals surface area contributed by atoms with Crippen LogP contribution < -0.4 is 5.32 Å². The molecule has 2 aromatic heterocycles. The van der Waals surface area contributed by atoms with E-state index in [-0.39, 0.29) is 11.6 Å². The summed E-state index contributed by atoms with van der Waals surface area (Å²) in [7, 11) is 0. The smallest absolute Gasteiger partial charge is 0.279 e. The van der Waals surface area contributed by atoms with Gasteiger partial charge in [0.1, 0.15) is 11.6 Å². The number of nitrogens with zero attached hydrogens (tertiary/aromatic N) is 2. The lowest BCUT2D eigenvalue weighted by atomic mass is 10.2. The molecule has 3 rings (SSSR count). The van der Waals surface area contributed by atoms with Crippen LogP contribution in [0.5, 0.6) is 0 Å². The first kappa shape index (κ1) is 14.0. The zero-order valence-electron chi connectivity index (χ0n) is 12.3. The molecule has 0 aliphatic carbocycles. The fourth-order valence-electron chi connectivity index (χ4n) is 2.09. The number of hydrogen-bond donors (Lipinski definition) is 1. The number of anilines is 1. The van der Waals surface area contributed by atoms with Crippen molar-refractivity contribution in [2.45, 2.75) is 13.8 Å². The molecule has 0 bridgehead atoms. The second kappa shape index (κ2) is 5.81. The van der Waals surface area contributed by atoms with Crippen LogP contribution in [-0.2, 0) is 0 Å². The molecular formula is C17H15N3O2. The largest absolute Gasteiger partial charge is 0.441 e. The number of carbonyl (C=O) groups excluding carboxylic acids is 1. The van der Waals surface area contributed by atoms with Crippen molar-refractivity contribution in [2.24, 2.45) is 0 Å². The van der Waals surface area contributed by atoms with E-state index in [9.17, 15) is 4.79 Å². The van der Waals surface area contributed by atoms with Gasteiger partial charge in [-0.2, -0.15) is 0 Å². The van der Waals surface area contributed by atoms with Gasteiger partial charge in [0.2, 0.25) is 5.89 Å². The highest BCUT2D eigenvalue weighted by molar-refractivity contribution is 6.03. The molecule has 5 nitrogen and oxygen atoms in total. The lowest BCUT2D eigenvalue weighted by Crippen LogP contribution is -2.14. The summed E-state index contributed by atoms with van der Waals surface area (Å²) < 4.78 is 5.59. The molecule has 0 atom stereocenters. The summed E-state index contributed by atoms with van der Waals surface area (Å²) in [6, 6.07) is 13.1. The highest BCUT2D eigenvalue weighted by Crippen LogP contribution is 2.22. The van der Waals surface area contributed by atoms with Gasteiger partial charge in [0.25, 0.3) is 5.91 Å². The van der Waals surface area contributed by atoms with Gasteiger partial charge >= 0.3 is 0 Å². The normalized spacial score (nSPS) is 10.5. The van der Waals surface area contributed by atoms with E-state index in [1.54, 1.807) is 19.2 Å². The van der Waals surface area contributed by atoms with Crippen LogP contribution in [0, 0.1) is 13.8 Å². The molecule has 1 amide bonds. The number of oxazole rings is 1. The lowest BCUT2D eigenvalue weighted by Gasteiger charge is -2.02. The van der Waals surface area contributed by atoms with E-state index in [0.717, 1.165) is 11.1 Å². The van der Waals surface area contributed by atoms with Gasteiger partial charge in [-0.05, 0) is 43.7 Å². The lowest BCUT2D eigenvalue weighted by molar-refractivity contribution is 0.102. The molecule has 0 spiro atoms. The van der Waals surface area contributed by atoms with Gasteiger partial charge in [-0.3, -0.25) is 4.79 Å². The molecule has 110 valence electrons. The van der Waals surface area contributed by atoms with E-state index < -0.39 is 0 Å². The number of aromatic nitrogens is 2. The van der Waals surface area contributed by atoms with Crippen LogP contribution in [0.25, 0.3) is 11.5 Å². The van der Waals surface area contributed by atoms with Gasteiger partial charge in [0.15, 0.2) is 5.69 Å². The number of aryl methyl sites for hydroxylation is 2. The third-order valence-corrected chi connectivity index (χ3v) is 3.19. The Balaban J connectivity index is 1.86. The fourth-order valence-corrected chi connectivity index (χ4v) is 2.09.